The summed E-state index contributed by atoms with van der Waals surface area (Å²) in [6, 6.07) is 24.2. The van der Waals surface area contributed by atoms with Crippen molar-refractivity contribution in [2.45, 2.75) is 19.1 Å². The van der Waals surface area contributed by atoms with Gasteiger partial charge in [0, 0.05) is 25.0 Å². The van der Waals surface area contributed by atoms with Crippen molar-refractivity contribution in [3.05, 3.63) is 108 Å². The van der Waals surface area contributed by atoms with Crippen LogP contribution in [-0.2, 0) is 13.1 Å². The Kier molecular flexibility index (Phi) is 4.44. The van der Waals surface area contributed by atoms with Crippen molar-refractivity contribution >= 4 is 5.91 Å². The van der Waals surface area contributed by atoms with Crippen LogP contribution >= 0.6 is 0 Å². The van der Waals surface area contributed by atoms with Crippen LogP contribution in [0.15, 0.2) is 85.2 Å². The topological polar surface area (TPSA) is 56.0 Å². The molecule has 0 aliphatic carbocycles. The highest BCUT2D eigenvalue weighted by atomic mass is 16.2. The van der Waals surface area contributed by atoms with Gasteiger partial charge in [0.15, 0.2) is 5.69 Å². The summed E-state index contributed by atoms with van der Waals surface area (Å²) in [6.07, 6.45) is 3.81. The van der Waals surface area contributed by atoms with E-state index in [9.17, 15) is 4.79 Å². The van der Waals surface area contributed by atoms with E-state index >= 15 is 0 Å². The fourth-order valence-electron chi connectivity index (χ4n) is 3.98. The van der Waals surface area contributed by atoms with Gasteiger partial charge in [-0.1, -0.05) is 65.9 Å². The van der Waals surface area contributed by atoms with Crippen molar-refractivity contribution in [1.82, 2.24) is 24.5 Å². The lowest BCUT2D eigenvalue weighted by molar-refractivity contribution is 0.0658. The predicted molar refractivity (Wildman–Crippen MR) is 109 cm³/mol. The second kappa shape index (κ2) is 7.39. The van der Waals surface area contributed by atoms with E-state index in [1.165, 1.54) is 0 Å². The van der Waals surface area contributed by atoms with Crippen LogP contribution in [0.5, 0.6) is 0 Å². The molecule has 29 heavy (non-hydrogen) atoms. The molecule has 0 saturated heterocycles. The number of hydrogen-bond donors (Lipinski definition) is 0. The Bertz CT molecular complexity index is 1120. The molecule has 2 aromatic heterocycles. The number of hydrogen-bond acceptors (Lipinski definition) is 3. The molecule has 6 heteroatoms. The Morgan fingerprint density at radius 1 is 0.931 bits per heavy atom. The van der Waals surface area contributed by atoms with Crippen molar-refractivity contribution in [1.29, 1.82) is 0 Å². The van der Waals surface area contributed by atoms with E-state index in [2.05, 4.69) is 39.3 Å². The van der Waals surface area contributed by atoms with Gasteiger partial charge >= 0.3 is 0 Å². The van der Waals surface area contributed by atoms with Gasteiger partial charge in [0.2, 0.25) is 0 Å². The van der Waals surface area contributed by atoms with Gasteiger partial charge < -0.3 is 9.47 Å². The number of rotatable bonds is 4. The molecule has 1 aliphatic rings. The molecule has 4 aromatic rings. The van der Waals surface area contributed by atoms with Crippen LogP contribution in [0.25, 0.3) is 0 Å². The molecule has 1 unspecified atom stereocenters. The second-order valence-electron chi connectivity index (χ2n) is 7.23. The Hall–Kier alpha value is -3.67. The molecule has 0 spiro atoms. The summed E-state index contributed by atoms with van der Waals surface area (Å²) in [4.78, 5) is 15.3. The maximum absolute atomic E-state index is 13.4. The number of carbonyl (C=O) groups excluding carboxylic acids is 1. The Labute approximate surface area is 169 Å². The van der Waals surface area contributed by atoms with E-state index in [-0.39, 0.29) is 11.9 Å². The van der Waals surface area contributed by atoms with Gasteiger partial charge in [0.25, 0.3) is 5.91 Å². The number of benzene rings is 2. The minimum Gasteiger partial charge on any atom is -0.348 e. The highest BCUT2D eigenvalue weighted by Crippen LogP contribution is 2.33. The number of aromatic nitrogens is 4. The van der Waals surface area contributed by atoms with Crippen molar-refractivity contribution in [2.75, 3.05) is 6.54 Å². The average Bonchev–Trinajstić information content (AvgIpc) is 3.43. The number of amides is 1. The van der Waals surface area contributed by atoms with Gasteiger partial charge in [0.1, 0.15) is 0 Å². The smallest absolute Gasteiger partial charge is 0.276 e. The quantitative estimate of drug-likeness (QED) is 0.543. The minimum atomic E-state index is -0.133. The normalized spacial score (nSPS) is 15.9. The molecule has 0 bridgehead atoms. The molecule has 144 valence electrons. The minimum absolute atomic E-state index is 0.0920. The third-order valence-electron chi connectivity index (χ3n) is 5.36. The zero-order valence-electron chi connectivity index (χ0n) is 15.9. The maximum atomic E-state index is 13.4. The predicted octanol–water partition coefficient (Wildman–Crippen LogP) is 3.37. The SMILES string of the molecule is O=C(c1cn(Cc2ccccc2)nn1)N1CCn2cccc2C1c1ccccc1. The van der Waals surface area contributed by atoms with Crippen molar-refractivity contribution in [2.24, 2.45) is 0 Å². The van der Waals surface area contributed by atoms with Crippen molar-refractivity contribution in [3.8, 4) is 0 Å². The summed E-state index contributed by atoms with van der Waals surface area (Å²) in [7, 11) is 0. The molecule has 0 radical (unpaired) electrons. The van der Waals surface area contributed by atoms with Gasteiger partial charge in [-0.3, -0.25) is 4.79 Å². The molecule has 2 aromatic carbocycles. The van der Waals surface area contributed by atoms with Crippen LogP contribution in [0, 0.1) is 0 Å². The molecule has 3 heterocycles. The van der Waals surface area contributed by atoms with Crippen LogP contribution in [0.4, 0.5) is 0 Å². The Morgan fingerprint density at radius 3 is 2.48 bits per heavy atom. The lowest BCUT2D eigenvalue weighted by Gasteiger charge is -2.37. The summed E-state index contributed by atoms with van der Waals surface area (Å²) < 4.78 is 3.93. The zero-order chi connectivity index (χ0) is 19.6. The van der Waals surface area contributed by atoms with Crippen LogP contribution in [0.1, 0.15) is 33.4 Å². The molecule has 0 saturated carbocycles. The fourth-order valence-corrected chi connectivity index (χ4v) is 3.98. The van der Waals surface area contributed by atoms with Gasteiger partial charge in [-0.2, -0.15) is 0 Å². The number of nitrogens with zero attached hydrogens (tertiary/aromatic N) is 5. The van der Waals surface area contributed by atoms with Gasteiger partial charge in [-0.25, -0.2) is 4.68 Å². The van der Waals surface area contributed by atoms with Gasteiger partial charge in [-0.15, -0.1) is 5.10 Å². The van der Waals surface area contributed by atoms with Crippen molar-refractivity contribution < 1.29 is 4.79 Å². The Morgan fingerprint density at radius 2 is 1.69 bits per heavy atom. The van der Waals surface area contributed by atoms with Crippen LogP contribution in [-0.4, -0.2) is 36.9 Å². The first-order valence-electron chi connectivity index (χ1n) is 9.74. The van der Waals surface area contributed by atoms with E-state index in [1.54, 1.807) is 10.9 Å². The monoisotopic (exact) mass is 383 g/mol. The second-order valence-corrected chi connectivity index (χ2v) is 7.23. The third-order valence-corrected chi connectivity index (χ3v) is 5.36. The average molecular weight is 383 g/mol. The summed E-state index contributed by atoms with van der Waals surface area (Å²) in [5.74, 6) is -0.0920. The summed E-state index contributed by atoms with van der Waals surface area (Å²) >= 11 is 0. The molecular weight excluding hydrogens is 362 g/mol. The third kappa shape index (κ3) is 3.33. The number of carbonyl (C=O) groups is 1. The molecule has 6 nitrogen and oxygen atoms in total. The molecule has 5 rings (SSSR count). The molecule has 1 amide bonds. The standard InChI is InChI=1S/C23H21N5O/c29-23(20-17-27(25-24-20)16-18-8-3-1-4-9-18)28-15-14-26-13-7-12-21(26)22(28)19-10-5-2-6-11-19/h1-13,17,22H,14-16H2. The van der Waals surface area contributed by atoms with Crippen LogP contribution in [0.3, 0.4) is 0 Å². The highest BCUT2D eigenvalue weighted by Gasteiger charge is 2.33. The lowest BCUT2D eigenvalue weighted by Crippen LogP contribution is -2.42. The van der Waals surface area contributed by atoms with Crippen LogP contribution < -0.4 is 0 Å². The van der Waals surface area contributed by atoms with E-state index in [0.29, 0.717) is 18.8 Å². The van der Waals surface area contributed by atoms with Gasteiger partial charge in [0.05, 0.1) is 18.8 Å². The molecular formula is C23H21N5O. The van der Waals surface area contributed by atoms with E-state index < -0.39 is 0 Å². The molecule has 0 N–H and O–H groups in total. The molecule has 1 atom stereocenters. The van der Waals surface area contributed by atoms with Gasteiger partial charge in [-0.05, 0) is 23.3 Å². The van der Waals surface area contributed by atoms with E-state index in [1.807, 2.05) is 59.5 Å². The van der Waals surface area contributed by atoms with Crippen molar-refractivity contribution in [3.63, 3.8) is 0 Å². The fraction of sp³-hybridized carbons (Fsp3) is 0.174. The molecule has 0 fully saturated rings. The first kappa shape index (κ1) is 17.4. The lowest BCUT2D eigenvalue weighted by atomic mass is 9.99. The first-order chi connectivity index (χ1) is 14.3. The van der Waals surface area contributed by atoms with E-state index in [0.717, 1.165) is 23.4 Å². The summed E-state index contributed by atoms with van der Waals surface area (Å²) in [5.41, 5.74) is 3.71. The first-order valence-corrected chi connectivity index (χ1v) is 9.74. The Balaban J connectivity index is 1.44. The molecule has 1 aliphatic heterocycles. The number of fused-ring (bicyclic) bond motifs is 1. The maximum Gasteiger partial charge on any atom is 0.276 e. The summed E-state index contributed by atoms with van der Waals surface area (Å²) in [6.45, 7) is 1.99. The zero-order valence-corrected chi connectivity index (χ0v) is 15.9. The highest BCUT2D eigenvalue weighted by molar-refractivity contribution is 5.92. The summed E-state index contributed by atoms with van der Waals surface area (Å²) in [5, 5.41) is 8.35. The largest absolute Gasteiger partial charge is 0.348 e. The van der Waals surface area contributed by atoms with Crippen LogP contribution in [0.2, 0.25) is 0 Å². The van der Waals surface area contributed by atoms with E-state index in [4.69, 9.17) is 0 Å².